The Bertz CT molecular complexity index is 177. The summed E-state index contributed by atoms with van der Waals surface area (Å²) in [5.41, 5.74) is -1.89. The molecule has 6 heteroatoms. The second-order valence-corrected chi connectivity index (χ2v) is 2.93. The largest absolute Gasteiger partial charge is 1.00 e. The van der Waals surface area contributed by atoms with Crippen molar-refractivity contribution in [1.29, 1.82) is 0 Å². The van der Waals surface area contributed by atoms with E-state index in [0.717, 1.165) is 6.92 Å². The van der Waals surface area contributed by atoms with E-state index < -0.39 is 23.3 Å². The van der Waals surface area contributed by atoms with Crippen molar-refractivity contribution in [2.45, 2.75) is 20.8 Å². The van der Waals surface area contributed by atoms with Gasteiger partial charge in [0.05, 0.1) is 11.9 Å². The number of carboxylic acid groups (broad SMARTS) is 2. The van der Waals surface area contributed by atoms with Gasteiger partial charge >= 0.3 is 59.1 Å². The Morgan fingerprint density at radius 1 is 1.08 bits per heavy atom. The molecule has 0 saturated heterocycles. The van der Waals surface area contributed by atoms with Crippen molar-refractivity contribution in [2.75, 3.05) is 0 Å². The third kappa shape index (κ3) is 4.32. The standard InChI is InChI=1S/C7H12O4.2Na/c1-4(2)7(3,5(8)9)6(10)11;;/h4H,1-3H3,(H,8,9)(H,10,11);;/q;2*+1/p-2. The van der Waals surface area contributed by atoms with Crippen molar-refractivity contribution in [3.8, 4) is 0 Å². The van der Waals surface area contributed by atoms with E-state index in [9.17, 15) is 19.8 Å². The third-order valence-corrected chi connectivity index (χ3v) is 2.00. The Labute approximate surface area is 122 Å². The van der Waals surface area contributed by atoms with Crippen LogP contribution in [0.15, 0.2) is 0 Å². The van der Waals surface area contributed by atoms with E-state index in [4.69, 9.17) is 0 Å². The molecule has 13 heavy (non-hydrogen) atoms. The quantitative estimate of drug-likeness (QED) is 0.338. The van der Waals surface area contributed by atoms with Crippen LogP contribution in [-0.2, 0) is 9.59 Å². The van der Waals surface area contributed by atoms with Crippen LogP contribution in [0.2, 0.25) is 0 Å². The van der Waals surface area contributed by atoms with Gasteiger partial charge in [0, 0.05) is 5.41 Å². The van der Waals surface area contributed by atoms with E-state index in [0.29, 0.717) is 0 Å². The predicted molar refractivity (Wildman–Crippen MR) is 33.0 cm³/mol. The molecule has 0 amide bonds. The Morgan fingerprint density at radius 3 is 1.31 bits per heavy atom. The molecule has 64 valence electrons. The van der Waals surface area contributed by atoms with Crippen LogP contribution in [0.25, 0.3) is 0 Å². The molecule has 0 heterocycles. The zero-order chi connectivity index (χ0) is 9.23. The Kier molecular flexibility index (Phi) is 10.9. The molecule has 4 nitrogen and oxygen atoms in total. The summed E-state index contributed by atoms with van der Waals surface area (Å²) in [5.74, 6) is -3.75. The van der Waals surface area contributed by atoms with Gasteiger partial charge in [-0.05, 0) is 12.8 Å². The molecule has 0 spiro atoms. The monoisotopic (exact) mass is 204 g/mol. The second kappa shape index (κ2) is 7.26. The Morgan fingerprint density at radius 2 is 1.31 bits per heavy atom. The Balaban J connectivity index is -0.000000500. The zero-order valence-electron chi connectivity index (χ0n) is 8.71. The first-order chi connectivity index (χ1) is 4.83. The average Bonchev–Trinajstić information content (AvgIpc) is 1.84. The number of carbonyl (C=O) groups excluding carboxylic acids is 2. The van der Waals surface area contributed by atoms with E-state index in [-0.39, 0.29) is 59.1 Å². The summed E-state index contributed by atoms with van der Waals surface area (Å²) in [6.07, 6.45) is 0. The molecule has 0 aromatic carbocycles. The second-order valence-electron chi connectivity index (χ2n) is 2.93. The number of aliphatic carboxylic acids is 2. The van der Waals surface area contributed by atoms with Gasteiger partial charge in [0.2, 0.25) is 0 Å². The minimum Gasteiger partial charge on any atom is -0.549 e. The van der Waals surface area contributed by atoms with Crippen LogP contribution in [0, 0.1) is 11.3 Å². The smallest absolute Gasteiger partial charge is 0.549 e. The number of hydrogen-bond donors (Lipinski definition) is 0. The number of rotatable bonds is 3. The minimum atomic E-state index is -1.89. The number of carboxylic acids is 2. The zero-order valence-corrected chi connectivity index (χ0v) is 12.7. The molecule has 0 radical (unpaired) electrons. The summed E-state index contributed by atoms with van der Waals surface area (Å²) in [6.45, 7) is 4.07. The summed E-state index contributed by atoms with van der Waals surface area (Å²) < 4.78 is 0. The molecule has 0 fully saturated rings. The van der Waals surface area contributed by atoms with Gasteiger partial charge < -0.3 is 19.8 Å². The van der Waals surface area contributed by atoms with Crippen molar-refractivity contribution in [3.63, 3.8) is 0 Å². The Hall–Kier alpha value is 0.940. The van der Waals surface area contributed by atoms with Gasteiger partial charge in [-0.1, -0.05) is 13.8 Å². The molecular formula is C7H10Na2O4. The van der Waals surface area contributed by atoms with Crippen molar-refractivity contribution in [1.82, 2.24) is 0 Å². The minimum absolute atomic E-state index is 0. The van der Waals surface area contributed by atoms with Crippen molar-refractivity contribution in [2.24, 2.45) is 11.3 Å². The van der Waals surface area contributed by atoms with Gasteiger partial charge in [-0.25, -0.2) is 0 Å². The van der Waals surface area contributed by atoms with Crippen molar-refractivity contribution >= 4 is 11.9 Å². The van der Waals surface area contributed by atoms with Gasteiger partial charge in [-0.15, -0.1) is 0 Å². The number of hydrogen-bond acceptors (Lipinski definition) is 4. The summed E-state index contributed by atoms with van der Waals surface area (Å²) in [6, 6.07) is 0. The fourth-order valence-electron chi connectivity index (χ4n) is 0.555. The third-order valence-electron chi connectivity index (χ3n) is 2.00. The normalized spacial score (nSPS) is 9.85. The van der Waals surface area contributed by atoms with E-state index in [1.165, 1.54) is 13.8 Å². The van der Waals surface area contributed by atoms with E-state index in [1.807, 2.05) is 0 Å². The van der Waals surface area contributed by atoms with Gasteiger partial charge in [0.25, 0.3) is 0 Å². The molecule has 0 aliphatic carbocycles. The van der Waals surface area contributed by atoms with Crippen molar-refractivity contribution in [3.05, 3.63) is 0 Å². The molecule has 0 N–H and O–H groups in total. The van der Waals surface area contributed by atoms with Crippen LogP contribution in [0.4, 0.5) is 0 Å². The summed E-state index contributed by atoms with van der Waals surface area (Å²) >= 11 is 0. The van der Waals surface area contributed by atoms with E-state index in [2.05, 4.69) is 0 Å². The molecule has 0 aromatic rings. The fourth-order valence-corrected chi connectivity index (χ4v) is 0.555. The number of carbonyl (C=O) groups is 2. The van der Waals surface area contributed by atoms with Crippen molar-refractivity contribution < 1.29 is 78.9 Å². The molecule has 0 aliphatic heterocycles. The summed E-state index contributed by atoms with van der Waals surface area (Å²) in [4.78, 5) is 20.7. The van der Waals surface area contributed by atoms with Crippen LogP contribution in [0.3, 0.4) is 0 Å². The van der Waals surface area contributed by atoms with Gasteiger partial charge in [0.1, 0.15) is 0 Å². The van der Waals surface area contributed by atoms with E-state index >= 15 is 0 Å². The molecule has 0 unspecified atom stereocenters. The van der Waals surface area contributed by atoms with Crippen LogP contribution in [0.1, 0.15) is 20.8 Å². The summed E-state index contributed by atoms with van der Waals surface area (Å²) in [5, 5.41) is 20.7. The molecule has 0 bridgehead atoms. The summed E-state index contributed by atoms with van der Waals surface area (Å²) in [7, 11) is 0. The van der Waals surface area contributed by atoms with Gasteiger partial charge in [-0.2, -0.15) is 0 Å². The molecule has 0 rings (SSSR count). The average molecular weight is 204 g/mol. The maximum atomic E-state index is 10.4. The first kappa shape index (κ1) is 19.5. The SMILES string of the molecule is CC(C)C(C)(C(=O)[O-])C(=O)[O-].[Na+].[Na+]. The van der Waals surface area contributed by atoms with E-state index in [1.54, 1.807) is 0 Å². The maximum absolute atomic E-state index is 10.4. The molecule has 0 atom stereocenters. The molecule has 0 aromatic heterocycles. The molecular weight excluding hydrogens is 194 g/mol. The van der Waals surface area contributed by atoms with Crippen LogP contribution in [0.5, 0.6) is 0 Å². The molecule has 0 saturated carbocycles. The van der Waals surface area contributed by atoms with Crippen LogP contribution >= 0.6 is 0 Å². The topological polar surface area (TPSA) is 80.3 Å². The van der Waals surface area contributed by atoms with Gasteiger partial charge in [-0.3, -0.25) is 0 Å². The predicted octanol–water partition coefficient (Wildman–Crippen LogP) is -7.84. The first-order valence-corrected chi connectivity index (χ1v) is 3.26. The van der Waals surface area contributed by atoms with Gasteiger partial charge in [0.15, 0.2) is 0 Å². The first-order valence-electron chi connectivity index (χ1n) is 3.26. The maximum Gasteiger partial charge on any atom is 1.00 e. The van der Waals surface area contributed by atoms with Crippen LogP contribution < -0.4 is 69.3 Å². The fraction of sp³-hybridized carbons (Fsp3) is 0.714. The molecule has 0 aliphatic rings. The van der Waals surface area contributed by atoms with Crippen LogP contribution in [-0.4, -0.2) is 11.9 Å².